The van der Waals surface area contributed by atoms with Crippen LogP contribution in [0.3, 0.4) is 0 Å². The van der Waals surface area contributed by atoms with Crippen LogP contribution < -0.4 is 19.5 Å². The summed E-state index contributed by atoms with van der Waals surface area (Å²) in [4.78, 5) is 23.7. The van der Waals surface area contributed by atoms with E-state index in [0.717, 1.165) is 11.1 Å². The molecule has 28 heavy (non-hydrogen) atoms. The van der Waals surface area contributed by atoms with Gasteiger partial charge < -0.3 is 24.3 Å². The number of carbonyl (C=O) groups is 2. The van der Waals surface area contributed by atoms with Crippen LogP contribution in [0.5, 0.6) is 17.2 Å². The third-order valence-corrected chi connectivity index (χ3v) is 4.36. The van der Waals surface area contributed by atoms with Crippen molar-refractivity contribution in [1.29, 1.82) is 0 Å². The third kappa shape index (κ3) is 5.16. The van der Waals surface area contributed by atoms with Crippen molar-refractivity contribution >= 4 is 11.9 Å². The summed E-state index contributed by atoms with van der Waals surface area (Å²) < 4.78 is 21.7. The number of esters is 1. The number of nitrogens with one attached hydrogen (secondary N) is 1. The largest absolute Gasteiger partial charge is 0.486 e. The van der Waals surface area contributed by atoms with Gasteiger partial charge in [-0.25, -0.2) is 4.79 Å². The Labute approximate surface area is 163 Å². The second-order valence-corrected chi connectivity index (χ2v) is 6.45. The quantitative estimate of drug-likeness (QED) is 0.736. The number of para-hydroxylation sites is 2. The number of hydrogen-bond acceptors (Lipinski definition) is 6. The predicted molar refractivity (Wildman–Crippen MR) is 102 cm³/mol. The molecule has 7 heteroatoms. The van der Waals surface area contributed by atoms with Gasteiger partial charge in [-0.3, -0.25) is 4.79 Å². The Balaban J connectivity index is 1.35. The molecule has 1 aliphatic heterocycles. The monoisotopic (exact) mass is 385 g/mol. The van der Waals surface area contributed by atoms with Gasteiger partial charge in [0.25, 0.3) is 5.91 Å². The zero-order valence-electron chi connectivity index (χ0n) is 15.9. The van der Waals surface area contributed by atoms with Crippen LogP contribution in [0.4, 0.5) is 0 Å². The van der Waals surface area contributed by atoms with Crippen LogP contribution in [0.1, 0.15) is 11.1 Å². The average Bonchev–Trinajstić information content (AvgIpc) is 2.71. The zero-order valence-corrected chi connectivity index (χ0v) is 15.9. The summed E-state index contributed by atoms with van der Waals surface area (Å²) in [7, 11) is 0. The van der Waals surface area contributed by atoms with Gasteiger partial charge in [-0.2, -0.15) is 0 Å². The molecule has 1 heterocycles. The van der Waals surface area contributed by atoms with Crippen LogP contribution in [0.25, 0.3) is 0 Å². The molecule has 1 aliphatic rings. The second-order valence-electron chi connectivity index (χ2n) is 6.45. The summed E-state index contributed by atoms with van der Waals surface area (Å²) in [5, 5.41) is 2.67. The van der Waals surface area contributed by atoms with Gasteiger partial charge in [-0.1, -0.05) is 24.3 Å². The first-order valence-corrected chi connectivity index (χ1v) is 9.02. The lowest BCUT2D eigenvalue weighted by Gasteiger charge is -2.26. The van der Waals surface area contributed by atoms with Gasteiger partial charge in [0.15, 0.2) is 24.7 Å². The average molecular weight is 385 g/mol. The van der Waals surface area contributed by atoms with E-state index in [2.05, 4.69) is 5.32 Å². The molecule has 148 valence electrons. The van der Waals surface area contributed by atoms with Gasteiger partial charge in [-0.05, 0) is 43.2 Å². The van der Waals surface area contributed by atoms with E-state index in [4.69, 9.17) is 18.9 Å². The topological polar surface area (TPSA) is 83.1 Å². The van der Waals surface area contributed by atoms with Crippen LogP contribution >= 0.6 is 0 Å². The standard InChI is InChI=1S/C21H23NO6/c1-14-6-5-9-17(15(14)2)26-13-21(24)27-12-20(23)22-10-16-11-25-18-7-3-4-8-19(18)28-16/h3-9,16H,10-13H2,1-2H3,(H,22,23)/t16-/m1/s1. The molecule has 0 fully saturated rings. The van der Waals surface area contributed by atoms with Crippen LogP contribution in [0.15, 0.2) is 42.5 Å². The summed E-state index contributed by atoms with van der Waals surface area (Å²) in [6.07, 6.45) is -0.304. The molecule has 0 saturated heterocycles. The van der Waals surface area contributed by atoms with Gasteiger partial charge in [-0.15, -0.1) is 0 Å². The van der Waals surface area contributed by atoms with Crippen molar-refractivity contribution in [3.8, 4) is 17.2 Å². The van der Waals surface area contributed by atoms with Gasteiger partial charge >= 0.3 is 5.97 Å². The highest BCUT2D eigenvalue weighted by Crippen LogP contribution is 2.30. The summed E-state index contributed by atoms with van der Waals surface area (Å²) in [6, 6.07) is 12.9. The Morgan fingerprint density at radius 2 is 1.86 bits per heavy atom. The van der Waals surface area contributed by atoms with Crippen LogP contribution in [0.2, 0.25) is 0 Å². The van der Waals surface area contributed by atoms with Crippen molar-refractivity contribution in [3.05, 3.63) is 53.6 Å². The van der Waals surface area contributed by atoms with Crippen LogP contribution in [-0.4, -0.2) is 44.3 Å². The molecular weight excluding hydrogens is 362 g/mol. The summed E-state index contributed by atoms with van der Waals surface area (Å²) in [6.45, 7) is 3.83. The first kappa shape index (κ1) is 19.5. The van der Waals surface area contributed by atoms with Crippen molar-refractivity contribution < 1.29 is 28.5 Å². The minimum atomic E-state index is -0.609. The van der Waals surface area contributed by atoms with E-state index in [1.807, 2.05) is 44.2 Å². The number of benzene rings is 2. The third-order valence-electron chi connectivity index (χ3n) is 4.36. The lowest BCUT2D eigenvalue weighted by molar-refractivity contribution is -0.150. The van der Waals surface area contributed by atoms with E-state index in [1.54, 1.807) is 12.1 Å². The fourth-order valence-corrected chi connectivity index (χ4v) is 2.65. The Morgan fingerprint density at radius 3 is 2.68 bits per heavy atom. The van der Waals surface area contributed by atoms with Gasteiger partial charge in [0.2, 0.25) is 0 Å². The Morgan fingerprint density at radius 1 is 1.07 bits per heavy atom. The SMILES string of the molecule is Cc1cccc(OCC(=O)OCC(=O)NC[C@@H]2COc3ccccc3O2)c1C. The lowest BCUT2D eigenvalue weighted by Crippen LogP contribution is -2.42. The molecule has 0 aromatic heterocycles. The molecule has 0 radical (unpaired) electrons. The minimum Gasteiger partial charge on any atom is -0.486 e. The van der Waals surface area contributed by atoms with E-state index in [0.29, 0.717) is 23.9 Å². The molecule has 0 unspecified atom stereocenters. The Hall–Kier alpha value is -3.22. The molecule has 0 spiro atoms. The first-order chi connectivity index (χ1) is 13.5. The van der Waals surface area contributed by atoms with Gasteiger partial charge in [0.05, 0.1) is 6.54 Å². The normalized spacial score (nSPS) is 14.9. The fraction of sp³-hybridized carbons (Fsp3) is 0.333. The van der Waals surface area contributed by atoms with Crippen molar-refractivity contribution in [2.24, 2.45) is 0 Å². The van der Waals surface area contributed by atoms with E-state index in [1.165, 1.54) is 0 Å². The van der Waals surface area contributed by atoms with E-state index >= 15 is 0 Å². The number of carbonyl (C=O) groups excluding carboxylic acids is 2. The van der Waals surface area contributed by atoms with Crippen molar-refractivity contribution in [2.45, 2.75) is 20.0 Å². The number of fused-ring (bicyclic) bond motifs is 1. The molecule has 0 saturated carbocycles. The molecule has 3 rings (SSSR count). The molecule has 1 amide bonds. The summed E-state index contributed by atoms with van der Waals surface area (Å²) in [5.41, 5.74) is 2.03. The van der Waals surface area contributed by atoms with Crippen LogP contribution in [0, 0.1) is 13.8 Å². The predicted octanol–water partition coefficient (Wildman–Crippen LogP) is 2.18. The number of hydrogen-bond donors (Lipinski definition) is 1. The van der Waals surface area contributed by atoms with Crippen LogP contribution in [-0.2, 0) is 14.3 Å². The Kier molecular flexibility index (Phi) is 6.37. The highest BCUT2D eigenvalue weighted by atomic mass is 16.6. The van der Waals surface area contributed by atoms with Crippen molar-refractivity contribution in [1.82, 2.24) is 5.32 Å². The highest BCUT2D eigenvalue weighted by Gasteiger charge is 2.21. The number of amides is 1. The molecule has 0 bridgehead atoms. The maximum absolute atomic E-state index is 11.9. The van der Waals surface area contributed by atoms with Gasteiger partial charge in [0, 0.05) is 0 Å². The van der Waals surface area contributed by atoms with E-state index < -0.39 is 11.9 Å². The van der Waals surface area contributed by atoms with E-state index in [-0.39, 0.29) is 25.9 Å². The first-order valence-electron chi connectivity index (χ1n) is 9.02. The molecule has 0 aliphatic carbocycles. The molecule has 2 aromatic rings. The molecule has 1 N–H and O–H groups in total. The fourth-order valence-electron chi connectivity index (χ4n) is 2.65. The maximum atomic E-state index is 11.9. The van der Waals surface area contributed by atoms with Gasteiger partial charge in [0.1, 0.15) is 18.5 Å². The molecule has 1 atom stereocenters. The second kappa shape index (κ2) is 9.12. The Bertz CT molecular complexity index is 851. The zero-order chi connectivity index (χ0) is 19.9. The molecule has 7 nitrogen and oxygen atoms in total. The number of aryl methyl sites for hydroxylation is 1. The van der Waals surface area contributed by atoms with Crippen molar-refractivity contribution in [3.63, 3.8) is 0 Å². The number of ether oxygens (including phenoxy) is 4. The smallest absolute Gasteiger partial charge is 0.344 e. The molecule has 2 aromatic carbocycles. The minimum absolute atomic E-state index is 0.254. The maximum Gasteiger partial charge on any atom is 0.344 e. The number of rotatable bonds is 7. The van der Waals surface area contributed by atoms with Crippen molar-refractivity contribution in [2.75, 3.05) is 26.4 Å². The molecular formula is C21H23NO6. The summed E-state index contributed by atoms with van der Waals surface area (Å²) >= 11 is 0. The summed E-state index contributed by atoms with van der Waals surface area (Å²) in [5.74, 6) is 0.923. The lowest BCUT2D eigenvalue weighted by atomic mass is 10.1. The highest BCUT2D eigenvalue weighted by molar-refractivity contribution is 5.80. The van der Waals surface area contributed by atoms with E-state index in [9.17, 15) is 9.59 Å².